The van der Waals surface area contributed by atoms with Crippen LogP contribution in [-0.4, -0.2) is 46.0 Å². The molecule has 10 nitrogen and oxygen atoms in total. The van der Waals surface area contributed by atoms with Crippen molar-refractivity contribution < 1.29 is 45.5 Å². The lowest BCUT2D eigenvalue weighted by atomic mass is 10.1. The number of nitrogens with zero attached hydrogens (tertiary/aromatic N) is 2. The molecule has 1 unspecified atom stereocenters. The van der Waals surface area contributed by atoms with Crippen molar-refractivity contribution in [2.75, 3.05) is 18.9 Å². The maximum atomic E-state index is 14.6. The second-order valence-electron chi connectivity index (χ2n) is 7.29. The summed E-state index contributed by atoms with van der Waals surface area (Å²) < 4.78 is 90.3. The number of ether oxygens (including phenoxy) is 1. The molecule has 3 N–H and O–H groups in total. The highest BCUT2D eigenvalue weighted by Crippen LogP contribution is 2.57. The highest BCUT2D eigenvalue weighted by Gasteiger charge is 2.60. The number of rotatable bonds is 5. The van der Waals surface area contributed by atoms with Crippen LogP contribution in [0.15, 0.2) is 35.3 Å². The predicted molar refractivity (Wildman–Crippen MR) is 102 cm³/mol. The summed E-state index contributed by atoms with van der Waals surface area (Å²) in [5.74, 6) is -6.49. The van der Waals surface area contributed by atoms with Crippen molar-refractivity contribution in [3.63, 3.8) is 0 Å². The molecule has 3 heterocycles. The summed E-state index contributed by atoms with van der Waals surface area (Å²) in [4.78, 5) is 15.2. The summed E-state index contributed by atoms with van der Waals surface area (Å²) in [7, 11) is -4.42. The zero-order chi connectivity index (χ0) is 24.0. The third kappa shape index (κ3) is 4.54. The third-order valence-corrected chi connectivity index (χ3v) is 6.57. The van der Waals surface area contributed by atoms with E-state index in [1.165, 1.54) is 12.1 Å². The van der Waals surface area contributed by atoms with Crippen LogP contribution in [0.5, 0.6) is 0 Å². The van der Waals surface area contributed by atoms with E-state index in [1.54, 1.807) is 0 Å². The van der Waals surface area contributed by atoms with Crippen LogP contribution in [0, 0.1) is 11.6 Å². The molecule has 2 aliphatic heterocycles. The molecule has 0 saturated carbocycles. The zero-order valence-corrected chi connectivity index (χ0v) is 17.5. The Kier molecular flexibility index (Phi) is 6.33. The fraction of sp³-hybridized carbons (Fsp3) is 0.444. The van der Waals surface area contributed by atoms with Gasteiger partial charge in [-0.3, -0.25) is 18.1 Å². The number of phosphoric ester groups is 1. The molecule has 1 aromatic carbocycles. The van der Waals surface area contributed by atoms with Crippen molar-refractivity contribution in [1.82, 2.24) is 9.55 Å². The van der Waals surface area contributed by atoms with Gasteiger partial charge in [-0.1, -0.05) is 12.1 Å². The molecule has 0 radical (unpaired) electrons. The average Bonchev–Trinajstić information content (AvgIpc) is 2.98. The van der Waals surface area contributed by atoms with Gasteiger partial charge in [-0.25, -0.2) is 18.1 Å². The van der Waals surface area contributed by atoms with Gasteiger partial charge in [0.05, 0.1) is 19.3 Å². The van der Waals surface area contributed by atoms with E-state index in [2.05, 4.69) is 4.98 Å². The average molecular weight is 495 g/mol. The second kappa shape index (κ2) is 8.78. The first-order chi connectivity index (χ1) is 15.5. The number of nitrogens with two attached hydrogens (primary N) is 1. The van der Waals surface area contributed by atoms with Gasteiger partial charge in [0.15, 0.2) is 17.7 Å². The summed E-state index contributed by atoms with van der Waals surface area (Å²) in [6.07, 6.45) is -6.71. The van der Waals surface area contributed by atoms with Crippen molar-refractivity contribution in [2.24, 2.45) is 0 Å². The standard InChI is InChI=1S/C18H18F4N3O7P/c19-10-3-1-2-9(14(10)20)11-5-7-29-33(28,32-11)30-8-12-15(26)18(21,22)16(31-12)25-6-4-13(23)24-17(25)27/h1-4,6,11-12,15-16,26H,5,7-8H2,(H2,23,24,27)/t11-,12-,15-,16-,33?/m1/s1. The fourth-order valence-electron chi connectivity index (χ4n) is 3.43. The van der Waals surface area contributed by atoms with E-state index in [0.717, 1.165) is 18.3 Å². The Hall–Kier alpha value is -2.35. The Morgan fingerprint density at radius 3 is 2.82 bits per heavy atom. The Balaban J connectivity index is 1.47. The maximum Gasteiger partial charge on any atom is 0.475 e. The van der Waals surface area contributed by atoms with Gasteiger partial charge in [-0.05, 0) is 12.1 Å². The molecule has 2 saturated heterocycles. The monoisotopic (exact) mass is 495 g/mol. The molecule has 2 aromatic rings. The normalized spacial score (nSPS) is 31.5. The summed E-state index contributed by atoms with van der Waals surface area (Å²) in [6, 6.07) is 4.44. The van der Waals surface area contributed by atoms with Crippen LogP contribution in [0.1, 0.15) is 24.3 Å². The Morgan fingerprint density at radius 2 is 2.09 bits per heavy atom. The first-order valence-corrected chi connectivity index (χ1v) is 11.1. The number of benzene rings is 1. The zero-order valence-electron chi connectivity index (χ0n) is 16.6. The van der Waals surface area contributed by atoms with Crippen LogP contribution in [0.3, 0.4) is 0 Å². The lowest BCUT2D eigenvalue weighted by Gasteiger charge is -2.30. The molecule has 180 valence electrons. The van der Waals surface area contributed by atoms with Gasteiger partial charge in [-0.15, -0.1) is 0 Å². The van der Waals surface area contributed by atoms with Crippen molar-refractivity contribution in [3.8, 4) is 0 Å². The number of hydrogen-bond acceptors (Lipinski definition) is 9. The number of aliphatic hydroxyl groups excluding tert-OH is 1. The SMILES string of the molecule is Nc1ccn([C@@H]2O[C@H](COP3(=O)OCC[C@H](c4cccc(F)c4F)O3)[C@@H](O)C2(F)F)c(=O)n1. The molecule has 2 aliphatic rings. The minimum Gasteiger partial charge on any atom is -0.384 e. The van der Waals surface area contributed by atoms with Gasteiger partial charge < -0.3 is 15.6 Å². The number of alkyl halides is 2. The van der Waals surface area contributed by atoms with E-state index in [1.807, 2.05) is 0 Å². The van der Waals surface area contributed by atoms with E-state index in [4.69, 9.17) is 24.0 Å². The first kappa shape index (κ1) is 23.8. The van der Waals surface area contributed by atoms with Crippen LogP contribution in [0.4, 0.5) is 23.4 Å². The van der Waals surface area contributed by atoms with Crippen LogP contribution in [0.25, 0.3) is 0 Å². The van der Waals surface area contributed by atoms with E-state index in [0.29, 0.717) is 4.57 Å². The highest BCUT2D eigenvalue weighted by molar-refractivity contribution is 7.48. The van der Waals surface area contributed by atoms with Gasteiger partial charge in [0.25, 0.3) is 0 Å². The summed E-state index contributed by atoms with van der Waals surface area (Å²) >= 11 is 0. The van der Waals surface area contributed by atoms with Gasteiger partial charge in [0, 0.05) is 18.2 Å². The van der Waals surface area contributed by atoms with Gasteiger partial charge in [0.2, 0.25) is 6.23 Å². The van der Waals surface area contributed by atoms with Gasteiger partial charge in [0.1, 0.15) is 11.9 Å². The minimum absolute atomic E-state index is 0.0173. The lowest BCUT2D eigenvalue weighted by molar-refractivity contribution is -0.140. The minimum atomic E-state index is -4.42. The van der Waals surface area contributed by atoms with E-state index >= 15 is 0 Å². The largest absolute Gasteiger partial charge is 0.475 e. The molecule has 0 amide bonds. The molecule has 1 aromatic heterocycles. The quantitative estimate of drug-likeness (QED) is 0.473. The number of nitrogen functional groups attached to an aromatic ring is 1. The maximum absolute atomic E-state index is 14.6. The number of aliphatic hydroxyl groups is 1. The molecule has 5 atom stereocenters. The number of anilines is 1. The van der Waals surface area contributed by atoms with Crippen LogP contribution in [-0.2, 0) is 22.9 Å². The van der Waals surface area contributed by atoms with E-state index < -0.39 is 62.2 Å². The third-order valence-electron chi connectivity index (χ3n) is 5.09. The molecular weight excluding hydrogens is 477 g/mol. The number of phosphoric acid groups is 1. The van der Waals surface area contributed by atoms with Gasteiger partial charge in [-0.2, -0.15) is 13.8 Å². The summed E-state index contributed by atoms with van der Waals surface area (Å²) in [5, 5.41) is 10.0. The topological polar surface area (TPSA) is 135 Å². The van der Waals surface area contributed by atoms with Crippen molar-refractivity contribution >= 4 is 13.6 Å². The van der Waals surface area contributed by atoms with Crippen molar-refractivity contribution in [1.29, 1.82) is 0 Å². The lowest BCUT2D eigenvalue weighted by Crippen LogP contribution is -2.42. The van der Waals surface area contributed by atoms with E-state index in [-0.39, 0.29) is 24.4 Å². The van der Waals surface area contributed by atoms with Crippen LogP contribution < -0.4 is 11.4 Å². The second-order valence-corrected chi connectivity index (χ2v) is 8.91. The van der Waals surface area contributed by atoms with Gasteiger partial charge >= 0.3 is 19.4 Å². The fourth-order valence-corrected chi connectivity index (χ4v) is 4.82. The molecular formula is C18H18F4N3O7P. The van der Waals surface area contributed by atoms with Crippen molar-refractivity contribution in [2.45, 2.75) is 36.9 Å². The number of aromatic nitrogens is 2. The Morgan fingerprint density at radius 1 is 1.33 bits per heavy atom. The molecule has 33 heavy (non-hydrogen) atoms. The van der Waals surface area contributed by atoms with E-state index in [9.17, 15) is 32.0 Å². The number of halogens is 4. The molecule has 0 aliphatic carbocycles. The molecule has 15 heteroatoms. The van der Waals surface area contributed by atoms with Crippen molar-refractivity contribution in [3.05, 3.63) is 58.1 Å². The highest BCUT2D eigenvalue weighted by atomic mass is 31.2. The first-order valence-electron chi connectivity index (χ1n) is 9.59. The molecule has 0 spiro atoms. The smallest absolute Gasteiger partial charge is 0.384 e. The summed E-state index contributed by atoms with van der Waals surface area (Å²) in [5.41, 5.74) is 3.98. The number of hydrogen-bond donors (Lipinski definition) is 2. The molecule has 4 rings (SSSR count). The Labute approximate surface area is 183 Å². The Bertz CT molecular complexity index is 1150. The van der Waals surface area contributed by atoms with Crippen LogP contribution >= 0.6 is 7.82 Å². The van der Waals surface area contributed by atoms with Crippen LogP contribution in [0.2, 0.25) is 0 Å². The summed E-state index contributed by atoms with van der Waals surface area (Å²) in [6.45, 7) is -1.11. The molecule has 2 fully saturated rings. The predicted octanol–water partition coefficient (Wildman–Crippen LogP) is 2.30. The molecule has 0 bridgehead atoms.